The van der Waals surface area contributed by atoms with Crippen LogP contribution in [0.1, 0.15) is 21.8 Å². The average Bonchev–Trinajstić information content (AvgIpc) is 3.10. The number of carbonyl (C=O) groups excluding carboxylic acids is 1. The van der Waals surface area contributed by atoms with Crippen LogP contribution in [0.25, 0.3) is 11.5 Å². The second-order valence-electron chi connectivity index (χ2n) is 4.94. The average molecular weight is 319 g/mol. The third-order valence-corrected chi connectivity index (χ3v) is 3.23. The molecule has 0 aliphatic rings. The highest BCUT2D eigenvalue weighted by molar-refractivity contribution is 5.94. The molecule has 7 nitrogen and oxygen atoms in total. The number of nitriles is 1. The minimum atomic E-state index is -0.271. The van der Waals surface area contributed by atoms with E-state index in [4.69, 9.17) is 9.78 Å². The minimum Gasteiger partial charge on any atom is -0.343 e. The van der Waals surface area contributed by atoms with Crippen LogP contribution in [0, 0.1) is 11.3 Å². The Morgan fingerprint density at radius 3 is 2.96 bits per heavy atom. The topological polar surface area (TPSA) is 105 Å². The number of nitrogens with one attached hydrogen (secondary N) is 1. The zero-order chi connectivity index (χ0) is 16.8. The number of aromatic nitrogens is 3. The van der Waals surface area contributed by atoms with Gasteiger partial charge in [0.1, 0.15) is 5.69 Å². The number of hydrogen-bond donors (Lipinski definition) is 1. The van der Waals surface area contributed by atoms with Gasteiger partial charge in [0.05, 0.1) is 19.0 Å². The lowest BCUT2D eigenvalue weighted by Gasteiger charge is -2.03. The third-order valence-electron chi connectivity index (χ3n) is 3.23. The quantitative estimate of drug-likeness (QED) is 0.772. The fraction of sp³-hybridized carbons (Fsp3) is 0.118. The minimum absolute atomic E-state index is 0.112. The van der Waals surface area contributed by atoms with E-state index in [9.17, 15) is 4.79 Å². The second kappa shape index (κ2) is 7.15. The third kappa shape index (κ3) is 3.62. The van der Waals surface area contributed by atoms with Gasteiger partial charge >= 0.3 is 0 Å². The van der Waals surface area contributed by atoms with E-state index in [0.29, 0.717) is 17.1 Å². The van der Waals surface area contributed by atoms with Crippen molar-refractivity contribution in [2.75, 3.05) is 0 Å². The van der Waals surface area contributed by atoms with E-state index >= 15 is 0 Å². The molecule has 1 N–H and O–H groups in total. The fourth-order valence-corrected chi connectivity index (χ4v) is 2.10. The maximum absolute atomic E-state index is 12.2. The van der Waals surface area contributed by atoms with E-state index in [1.807, 2.05) is 6.07 Å². The van der Waals surface area contributed by atoms with E-state index in [1.165, 1.54) is 0 Å². The molecule has 0 radical (unpaired) electrons. The molecular formula is C17H13N5O2. The maximum Gasteiger partial charge on any atom is 0.251 e. The summed E-state index contributed by atoms with van der Waals surface area (Å²) in [4.78, 5) is 20.5. The van der Waals surface area contributed by atoms with Crippen LogP contribution in [0.15, 0.2) is 53.2 Å². The number of nitrogens with zero attached hydrogens (tertiary/aromatic N) is 4. The van der Waals surface area contributed by atoms with Crippen molar-refractivity contribution in [3.05, 3.63) is 65.7 Å². The number of carbonyl (C=O) groups is 1. The summed E-state index contributed by atoms with van der Waals surface area (Å²) in [5, 5.41) is 15.3. The summed E-state index contributed by atoms with van der Waals surface area (Å²) in [6.45, 7) is 0.112. The molecule has 2 aromatic heterocycles. The molecule has 1 aromatic carbocycles. The van der Waals surface area contributed by atoms with Crippen LogP contribution in [0.5, 0.6) is 0 Å². The van der Waals surface area contributed by atoms with E-state index in [2.05, 4.69) is 26.5 Å². The van der Waals surface area contributed by atoms with Gasteiger partial charge < -0.3 is 9.84 Å². The van der Waals surface area contributed by atoms with Gasteiger partial charge in [-0.2, -0.15) is 10.2 Å². The Morgan fingerprint density at radius 2 is 2.17 bits per heavy atom. The Kier molecular flexibility index (Phi) is 4.58. The summed E-state index contributed by atoms with van der Waals surface area (Å²) in [7, 11) is 0. The molecule has 3 rings (SSSR count). The highest BCUT2D eigenvalue weighted by atomic mass is 16.5. The molecule has 24 heavy (non-hydrogen) atoms. The molecule has 1 amide bonds. The first kappa shape index (κ1) is 15.4. The summed E-state index contributed by atoms with van der Waals surface area (Å²) < 4.78 is 5.11. The molecule has 118 valence electrons. The molecule has 0 saturated heterocycles. The predicted octanol–water partition coefficient (Wildman–Crippen LogP) is 2.13. The molecule has 0 spiro atoms. The molecular weight excluding hydrogens is 306 g/mol. The maximum atomic E-state index is 12.2. The molecule has 3 aromatic rings. The lowest BCUT2D eigenvalue weighted by atomic mass is 10.1. The van der Waals surface area contributed by atoms with Crippen molar-refractivity contribution in [2.24, 2.45) is 0 Å². The number of amides is 1. The fourth-order valence-electron chi connectivity index (χ4n) is 2.10. The SMILES string of the molecule is N#CCc1cccc(C(=O)NCc2nc(-c3ccccn3)no2)c1. The van der Waals surface area contributed by atoms with Gasteiger partial charge in [0.15, 0.2) is 0 Å². The number of pyridine rings is 1. The van der Waals surface area contributed by atoms with Crippen molar-refractivity contribution >= 4 is 5.91 Å². The summed E-state index contributed by atoms with van der Waals surface area (Å²) in [5.41, 5.74) is 1.87. The Morgan fingerprint density at radius 1 is 1.25 bits per heavy atom. The highest BCUT2D eigenvalue weighted by Gasteiger charge is 2.11. The van der Waals surface area contributed by atoms with Gasteiger partial charge in [0.2, 0.25) is 11.7 Å². The van der Waals surface area contributed by atoms with Crippen LogP contribution in [0.4, 0.5) is 0 Å². The van der Waals surface area contributed by atoms with Gasteiger partial charge in [0, 0.05) is 11.8 Å². The lowest BCUT2D eigenvalue weighted by molar-refractivity contribution is 0.0946. The first-order valence-corrected chi connectivity index (χ1v) is 7.24. The van der Waals surface area contributed by atoms with E-state index in [-0.39, 0.29) is 24.8 Å². The molecule has 0 bridgehead atoms. The van der Waals surface area contributed by atoms with Gasteiger partial charge in [-0.15, -0.1) is 0 Å². The van der Waals surface area contributed by atoms with Crippen LogP contribution in [-0.2, 0) is 13.0 Å². The van der Waals surface area contributed by atoms with Crippen molar-refractivity contribution in [2.45, 2.75) is 13.0 Å². The molecule has 0 saturated carbocycles. The normalized spacial score (nSPS) is 10.1. The van der Waals surface area contributed by atoms with Gasteiger partial charge in [-0.3, -0.25) is 9.78 Å². The van der Waals surface area contributed by atoms with Crippen LogP contribution in [-0.4, -0.2) is 21.0 Å². The smallest absolute Gasteiger partial charge is 0.251 e. The number of rotatable bonds is 5. The first-order valence-electron chi connectivity index (χ1n) is 7.24. The molecule has 0 fully saturated rings. The zero-order valence-electron chi connectivity index (χ0n) is 12.6. The molecule has 0 aliphatic heterocycles. The van der Waals surface area contributed by atoms with Crippen LogP contribution in [0.3, 0.4) is 0 Å². The highest BCUT2D eigenvalue weighted by Crippen LogP contribution is 2.12. The Balaban J connectivity index is 1.64. The lowest BCUT2D eigenvalue weighted by Crippen LogP contribution is -2.23. The van der Waals surface area contributed by atoms with Gasteiger partial charge in [-0.25, -0.2) is 0 Å². The van der Waals surface area contributed by atoms with Gasteiger partial charge in [-0.1, -0.05) is 23.4 Å². The number of benzene rings is 1. The van der Waals surface area contributed by atoms with Crippen LogP contribution < -0.4 is 5.32 Å². The van der Waals surface area contributed by atoms with Crippen LogP contribution in [0.2, 0.25) is 0 Å². The van der Waals surface area contributed by atoms with Crippen molar-refractivity contribution in [3.63, 3.8) is 0 Å². The predicted molar refractivity (Wildman–Crippen MR) is 84.5 cm³/mol. The molecule has 7 heteroatoms. The molecule has 0 atom stereocenters. The first-order chi connectivity index (χ1) is 11.8. The van der Waals surface area contributed by atoms with E-state index in [1.54, 1.807) is 42.6 Å². The monoisotopic (exact) mass is 319 g/mol. The zero-order valence-corrected chi connectivity index (χ0v) is 12.6. The van der Waals surface area contributed by atoms with E-state index in [0.717, 1.165) is 5.56 Å². The van der Waals surface area contributed by atoms with Crippen molar-refractivity contribution in [3.8, 4) is 17.6 Å². The second-order valence-corrected chi connectivity index (χ2v) is 4.94. The molecule has 0 aliphatic carbocycles. The summed E-state index contributed by atoms with van der Waals surface area (Å²) in [6.07, 6.45) is 1.90. The van der Waals surface area contributed by atoms with Gasteiger partial charge in [-0.05, 0) is 29.8 Å². The van der Waals surface area contributed by atoms with Crippen LogP contribution >= 0.6 is 0 Å². The van der Waals surface area contributed by atoms with E-state index < -0.39 is 0 Å². The number of hydrogen-bond acceptors (Lipinski definition) is 6. The Hall–Kier alpha value is -3.53. The summed E-state index contributed by atoms with van der Waals surface area (Å²) in [5.74, 6) is 0.389. The van der Waals surface area contributed by atoms with Gasteiger partial charge in [0.25, 0.3) is 5.91 Å². The molecule has 2 heterocycles. The summed E-state index contributed by atoms with van der Waals surface area (Å²) in [6, 6.07) is 14.4. The van der Waals surface area contributed by atoms with Crippen molar-refractivity contribution in [1.82, 2.24) is 20.4 Å². The largest absolute Gasteiger partial charge is 0.343 e. The standard InChI is InChI=1S/C17H13N5O2/c18-8-7-12-4-3-5-13(10-12)17(23)20-11-15-21-16(22-24-15)14-6-1-2-9-19-14/h1-6,9-10H,7,11H2,(H,20,23). The molecule has 0 unspecified atom stereocenters. The summed E-state index contributed by atoms with van der Waals surface area (Å²) >= 11 is 0. The van der Waals surface area contributed by atoms with Crippen molar-refractivity contribution in [1.29, 1.82) is 5.26 Å². The Labute approximate surface area is 138 Å². The van der Waals surface area contributed by atoms with Crippen molar-refractivity contribution < 1.29 is 9.32 Å². The Bertz CT molecular complexity index is 883.